The van der Waals surface area contributed by atoms with Crippen LogP contribution in [0.4, 0.5) is 36.5 Å². The molecule has 0 bridgehead atoms. The zero-order chi connectivity index (χ0) is 26.8. The first-order chi connectivity index (χ1) is 17.7. The van der Waals surface area contributed by atoms with Crippen LogP contribution in [-0.2, 0) is 11.2 Å². The standard InChI is InChI=1S/C26H27F2N5O4/c1-2-29-26(37)33-23-14-22(31-20-12-17(27)11-18(28)13-20)21(15-30-23)25(36)32-19-9-7-16(8-10-19)5-3-4-6-24(34)35/h7-15H,2-6H2,1H3,(H,32,36)(H,34,35)(H3,29,30,31,33,37). The predicted octanol–water partition coefficient (Wildman–Crippen LogP) is 5.29. The monoisotopic (exact) mass is 511 g/mol. The quantitative estimate of drug-likeness (QED) is 0.222. The first kappa shape index (κ1) is 27.1. The van der Waals surface area contributed by atoms with Crippen LogP contribution in [0.25, 0.3) is 0 Å². The molecule has 194 valence electrons. The number of carbonyl (C=O) groups excluding carboxylic acids is 2. The van der Waals surface area contributed by atoms with Crippen molar-refractivity contribution in [2.24, 2.45) is 0 Å². The number of rotatable bonds is 11. The second-order valence-electron chi connectivity index (χ2n) is 8.13. The van der Waals surface area contributed by atoms with E-state index < -0.39 is 29.5 Å². The number of nitrogens with one attached hydrogen (secondary N) is 4. The van der Waals surface area contributed by atoms with Gasteiger partial charge in [-0.25, -0.2) is 18.6 Å². The lowest BCUT2D eigenvalue weighted by Crippen LogP contribution is -2.28. The van der Waals surface area contributed by atoms with E-state index in [4.69, 9.17) is 5.11 Å². The Balaban J connectivity index is 1.77. The van der Waals surface area contributed by atoms with Crippen LogP contribution in [0.15, 0.2) is 54.7 Å². The second-order valence-corrected chi connectivity index (χ2v) is 8.13. The number of benzene rings is 2. The van der Waals surface area contributed by atoms with Gasteiger partial charge in [-0.05, 0) is 56.0 Å². The van der Waals surface area contributed by atoms with Gasteiger partial charge in [-0.3, -0.25) is 14.9 Å². The van der Waals surface area contributed by atoms with Crippen LogP contribution >= 0.6 is 0 Å². The Kier molecular flexibility index (Phi) is 9.48. The highest BCUT2D eigenvalue weighted by atomic mass is 19.1. The molecule has 3 rings (SSSR count). The summed E-state index contributed by atoms with van der Waals surface area (Å²) in [5, 5.41) is 19.4. The van der Waals surface area contributed by atoms with E-state index in [0.717, 1.165) is 30.2 Å². The number of hydrogen-bond acceptors (Lipinski definition) is 5. The molecular formula is C26H27F2N5O4. The Morgan fingerprint density at radius 1 is 0.919 bits per heavy atom. The maximum Gasteiger partial charge on any atom is 0.320 e. The predicted molar refractivity (Wildman–Crippen MR) is 136 cm³/mol. The molecule has 0 fully saturated rings. The summed E-state index contributed by atoms with van der Waals surface area (Å²) in [6.45, 7) is 2.14. The molecule has 0 spiro atoms. The number of aryl methyl sites for hydroxylation is 1. The fraction of sp³-hybridized carbons (Fsp3) is 0.231. The first-order valence-electron chi connectivity index (χ1n) is 11.6. The number of halogens is 2. The van der Waals surface area contributed by atoms with Gasteiger partial charge in [0, 0.05) is 42.7 Å². The molecule has 1 aromatic heterocycles. The van der Waals surface area contributed by atoms with Crippen molar-refractivity contribution in [2.75, 3.05) is 22.5 Å². The maximum atomic E-state index is 13.7. The Morgan fingerprint density at radius 3 is 2.27 bits per heavy atom. The summed E-state index contributed by atoms with van der Waals surface area (Å²) < 4.78 is 27.4. The summed E-state index contributed by atoms with van der Waals surface area (Å²) in [7, 11) is 0. The van der Waals surface area contributed by atoms with Crippen LogP contribution < -0.4 is 21.3 Å². The third kappa shape index (κ3) is 8.57. The summed E-state index contributed by atoms with van der Waals surface area (Å²) >= 11 is 0. The molecule has 0 atom stereocenters. The molecule has 5 N–H and O–H groups in total. The molecule has 0 aliphatic carbocycles. The topological polar surface area (TPSA) is 132 Å². The zero-order valence-electron chi connectivity index (χ0n) is 20.1. The summed E-state index contributed by atoms with van der Waals surface area (Å²) in [5.41, 5.74) is 1.81. The number of pyridine rings is 1. The first-order valence-corrected chi connectivity index (χ1v) is 11.6. The highest BCUT2D eigenvalue weighted by Gasteiger charge is 2.16. The van der Waals surface area contributed by atoms with E-state index in [1.54, 1.807) is 19.1 Å². The van der Waals surface area contributed by atoms with E-state index in [0.29, 0.717) is 25.1 Å². The number of aromatic nitrogens is 1. The molecular weight excluding hydrogens is 484 g/mol. The molecule has 0 saturated heterocycles. The lowest BCUT2D eigenvalue weighted by molar-refractivity contribution is -0.137. The SMILES string of the molecule is CCNC(=O)Nc1cc(Nc2cc(F)cc(F)c2)c(C(=O)Nc2ccc(CCCCC(=O)O)cc2)cn1. The van der Waals surface area contributed by atoms with Crippen molar-refractivity contribution in [2.45, 2.75) is 32.6 Å². The zero-order valence-corrected chi connectivity index (χ0v) is 20.1. The fourth-order valence-electron chi connectivity index (χ4n) is 3.47. The van der Waals surface area contributed by atoms with E-state index in [1.165, 1.54) is 12.3 Å². The van der Waals surface area contributed by atoms with Crippen LogP contribution in [0, 0.1) is 11.6 Å². The smallest absolute Gasteiger partial charge is 0.320 e. The van der Waals surface area contributed by atoms with Gasteiger partial charge >= 0.3 is 12.0 Å². The van der Waals surface area contributed by atoms with Crippen molar-refractivity contribution in [1.29, 1.82) is 0 Å². The number of carboxylic acids is 1. The molecule has 3 aromatic rings. The van der Waals surface area contributed by atoms with Gasteiger partial charge in [-0.1, -0.05) is 12.1 Å². The molecule has 0 unspecified atom stereocenters. The molecule has 2 aromatic carbocycles. The van der Waals surface area contributed by atoms with E-state index in [-0.39, 0.29) is 29.2 Å². The number of amides is 3. The number of carboxylic acid groups (broad SMARTS) is 1. The van der Waals surface area contributed by atoms with E-state index in [9.17, 15) is 23.2 Å². The summed E-state index contributed by atoms with van der Waals surface area (Å²) in [6, 6.07) is 10.9. The number of urea groups is 1. The largest absolute Gasteiger partial charge is 0.481 e. The van der Waals surface area contributed by atoms with Gasteiger partial charge in [0.15, 0.2) is 0 Å². The summed E-state index contributed by atoms with van der Waals surface area (Å²) in [6.07, 6.45) is 3.39. The van der Waals surface area contributed by atoms with Crippen molar-refractivity contribution in [1.82, 2.24) is 10.3 Å². The number of unbranched alkanes of at least 4 members (excludes halogenated alkanes) is 1. The Labute approximate surface area is 212 Å². The van der Waals surface area contributed by atoms with Crippen molar-refractivity contribution < 1.29 is 28.3 Å². The fourth-order valence-corrected chi connectivity index (χ4v) is 3.47. The van der Waals surface area contributed by atoms with Gasteiger partial charge in [0.2, 0.25) is 0 Å². The number of nitrogens with zero attached hydrogens (tertiary/aromatic N) is 1. The number of aliphatic carboxylic acids is 1. The molecule has 1 heterocycles. The molecule has 9 nitrogen and oxygen atoms in total. The van der Waals surface area contributed by atoms with Gasteiger partial charge < -0.3 is 21.1 Å². The molecule has 37 heavy (non-hydrogen) atoms. The minimum absolute atomic E-state index is 0.0639. The highest BCUT2D eigenvalue weighted by Crippen LogP contribution is 2.26. The minimum Gasteiger partial charge on any atom is -0.481 e. The van der Waals surface area contributed by atoms with E-state index in [2.05, 4.69) is 26.3 Å². The van der Waals surface area contributed by atoms with Crippen LogP contribution in [0.2, 0.25) is 0 Å². The molecule has 0 radical (unpaired) electrons. The van der Waals surface area contributed by atoms with Gasteiger partial charge in [0.05, 0.1) is 11.3 Å². The van der Waals surface area contributed by atoms with Crippen molar-refractivity contribution in [3.8, 4) is 0 Å². The van der Waals surface area contributed by atoms with Crippen molar-refractivity contribution in [3.63, 3.8) is 0 Å². The lowest BCUT2D eigenvalue weighted by atomic mass is 10.1. The van der Waals surface area contributed by atoms with Crippen LogP contribution in [0.3, 0.4) is 0 Å². The Bertz CT molecular complexity index is 1250. The normalized spacial score (nSPS) is 10.5. The average Bonchev–Trinajstić information content (AvgIpc) is 2.82. The molecule has 0 aliphatic heterocycles. The Morgan fingerprint density at radius 2 is 1.62 bits per heavy atom. The number of carbonyl (C=O) groups is 3. The summed E-state index contributed by atoms with van der Waals surface area (Å²) in [4.78, 5) is 39.7. The number of hydrogen-bond donors (Lipinski definition) is 5. The molecule has 0 aliphatic rings. The minimum atomic E-state index is -0.822. The van der Waals surface area contributed by atoms with E-state index in [1.807, 2.05) is 12.1 Å². The van der Waals surface area contributed by atoms with Gasteiger partial charge in [-0.2, -0.15) is 0 Å². The average molecular weight is 512 g/mol. The van der Waals surface area contributed by atoms with Crippen LogP contribution in [-0.4, -0.2) is 34.5 Å². The van der Waals surface area contributed by atoms with Gasteiger partial charge in [-0.15, -0.1) is 0 Å². The van der Waals surface area contributed by atoms with Crippen molar-refractivity contribution >= 4 is 40.8 Å². The molecule has 0 saturated carbocycles. The van der Waals surface area contributed by atoms with Gasteiger partial charge in [0.25, 0.3) is 5.91 Å². The van der Waals surface area contributed by atoms with E-state index >= 15 is 0 Å². The summed E-state index contributed by atoms with van der Waals surface area (Å²) in [5.74, 6) is -2.84. The van der Waals surface area contributed by atoms with Crippen LogP contribution in [0.5, 0.6) is 0 Å². The Hall–Kier alpha value is -4.54. The third-order valence-electron chi connectivity index (χ3n) is 5.19. The van der Waals surface area contributed by atoms with Crippen molar-refractivity contribution in [3.05, 3.63) is 77.5 Å². The maximum absolute atomic E-state index is 13.7. The molecule has 11 heteroatoms. The third-order valence-corrected chi connectivity index (χ3v) is 5.19. The second kappa shape index (κ2) is 13.0. The highest BCUT2D eigenvalue weighted by molar-refractivity contribution is 6.08. The van der Waals surface area contributed by atoms with Crippen LogP contribution in [0.1, 0.15) is 42.1 Å². The van der Waals surface area contributed by atoms with Gasteiger partial charge in [0.1, 0.15) is 17.5 Å². The number of anilines is 4. The lowest BCUT2D eigenvalue weighted by Gasteiger charge is -2.15. The molecule has 3 amide bonds.